The van der Waals surface area contributed by atoms with Crippen molar-refractivity contribution >= 4 is 40.4 Å². The van der Waals surface area contributed by atoms with E-state index in [9.17, 15) is 9.59 Å². The Bertz CT molecular complexity index is 420. The van der Waals surface area contributed by atoms with Gasteiger partial charge in [-0.1, -0.05) is 32.0 Å². The summed E-state index contributed by atoms with van der Waals surface area (Å²) in [7, 11) is 1.30. The summed E-state index contributed by atoms with van der Waals surface area (Å²) in [6, 6.07) is 9.20. The number of esters is 1. The van der Waals surface area contributed by atoms with Crippen LogP contribution in [0, 0.1) is 11.8 Å². The van der Waals surface area contributed by atoms with Crippen molar-refractivity contribution in [1.29, 1.82) is 0 Å². The molecular formula is C13H16INO3. The second-order valence-corrected chi connectivity index (χ2v) is 5.16. The van der Waals surface area contributed by atoms with Gasteiger partial charge in [-0.05, 0) is 18.1 Å². The van der Waals surface area contributed by atoms with E-state index < -0.39 is 11.9 Å². The maximum Gasteiger partial charge on any atom is 0.318 e. The van der Waals surface area contributed by atoms with Gasteiger partial charge < -0.3 is 4.74 Å². The number of para-hydroxylation sites is 1. The third kappa shape index (κ3) is 3.44. The SMILES string of the molecule is COC(=O)C(C(=O)N(I)c1ccccc1)C(C)C. The molecule has 0 fully saturated rings. The van der Waals surface area contributed by atoms with Crippen LogP contribution in [0.3, 0.4) is 0 Å². The quantitative estimate of drug-likeness (QED) is 0.359. The van der Waals surface area contributed by atoms with Crippen LogP contribution in [0.4, 0.5) is 5.69 Å². The lowest BCUT2D eigenvalue weighted by molar-refractivity contribution is -0.150. The lowest BCUT2D eigenvalue weighted by Crippen LogP contribution is -2.37. The number of ether oxygens (including phenoxy) is 1. The Morgan fingerprint density at radius 1 is 1.22 bits per heavy atom. The van der Waals surface area contributed by atoms with Crippen molar-refractivity contribution in [2.75, 3.05) is 10.2 Å². The standard InChI is InChI=1S/C13H16INO3/c1-9(2)11(13(17)18-3)12(16)15(14)10-7-5-4-6-8-10/h4-9,11H,1-3H3. The smallest absolute Gasteiger partial charge is 0.318 e. The molecule has 0 bridgehead atoms. The van der Waals surface area contributed by atoms with Crippen molar-refractivity contribution in [2.24, 2.45) is 11.8 Å². The maximum atomic E-state index is 12.3. The van der Waals surface area contributed by atoms with Gasteiger partial charge in [0.15, 0.2) is 0 Å². The molecule has 1 aromatic carbocycles. The number of carbonyl (C=O) groups excluding carboxylic acids is 2. The van der Waals surface area contributed by atoms with Gasteiger partial charge in [-0.2, -0.15) is 0 Å². The van der Waals surface area contributed by atoms with Crippen molar-refractivity contribution in [3.05, 3.63) is 30.3 Å². The van der Waals surface area contributed by atoms with E-state index in [1.165, 1.54) is 10.2 Å². The van der Waals surface area contributed by atoms with Gasteiger partial charge in [-0.25, -0.2) is 0 Å². The molecule has 0 aromatic heterocycles. The van der Waals surface area contributed by atoms with Gasteiger partial charge in [0, 0.05) is 0 Å². The lowest BCUT2D eigenvalue weighted by Gasteiger charge is -2.22. The van der Waals surface area contributed by atoms with Gasteiger partial charge in [0.1, 0.15) is 5.92 Å². The molecule has 5 heteroatoms. The number of carbonyl (C=O) groups is 2. The zero-order valence-corrected chi connectivity index (χ0v) is 12.7. The summed E-state index contributed by atoms with van der Waals surface area (Å²) in [6.07, 6.45) is 0. The largest absolute Gasteiger partial charge is 0.468 e. The van der Waals surface area contributed by atoms with Gasteiger partial charge in [0.05, 0.1) is 35.7 Å². The summed E-state index contributed by atoms with van der Waals surface area (Å²) >= 11 is 1.91. The minimum absolute atomic E-state index is 0.106. The molecule has 0 heterocycles. The van der Waals surface area contributed by atoms with Crippen LogP contribution in [-0.4, -0.2) is 19.0 Å². The van der Waals surface area contributed by atoms with Crippen LogP contribution in [0.15, 0.2) is 30.3 Å². The van der Waals surface area contributed by atoms with E-state index in [2.05, 4.69) is 0 Å². The summed E-state index contributed by atoms with van der Waals surface area (Å²) in [5, 5.41) is 0. The highest BCUT2D eigenvalue weighted by atomic mass is 127. The molecule has 0 radical (unpaired) electrons. The molecule has 0 aliphatic carbocycles. The van der Waals surface area contributed by atoms with Crippen molar-refractivity contribution in [1.82, 2.24) is 0 Å². The topological polar surface area (TPSA) is 46.6 Å². The minimum atomic E-state index is -0.771. The average molecular weight is 361 g/mol. The Morgan fingerprint density at radius 3 is 2.22 bits per heavy atom. The van der Waals surface area contributed by atoms with Crippen LogP contribution >= 0.6 is 22.9 Å². The first-order valence-corrected chi connectivity index (χ1v) is 6.58. The molecule has 0 spiro atoms. The van der Waals surface area contributed by atoms with Crippen LogP contribution in [-0.2, 0) is 14.3 Å². The second kappa shape index (κ2) is 6.72. The summed E-state index contributed by atoms with van der Waals surface area (Å²) in [4.78, 5) is 24.0. The first-order valence-electron chi connectivity index (χ1n) is 5.61. The monoisotopic (exact) mass is 361 g/mol. The summed E-state index contributed by atoms with van der Waals surface area (Å²) in [5.41, 5.74) is 0.748. The fraction of sp³-hybridized carbons (Fsp3) is 0.385. The fourth-order valence-electron chi connectivity index (χ4n) is 1.59. The molecule has 0 saturated heterocycles. The Morgan fingerprint density at radius 2 is 1.78 bits per heavy atom. The van der Waals surface area contributed by atoms with Crippen LogP contribution in [0.25, 0.3) is 0 Å². The predicted octanol–water partition coefficient (Wildman–Crippen LogP) is 2.81. The predicted molar refractivity (Wildman–Crippen MR) is 78.3 cm³/mol. The van der Waals surface area contributed by atoms with Gasteiger partial charge >= 0.3 is 5.97 Å². The summed E-state index contributed by atoms with van der Waals surface area (Å²) < 4.78 is 6.15. The maximum absolute atomic E-state index is 12.3. The Labute approximate surface area is 121 Å². The Kier molecular flexibility index (Phi) is 5.58. The highest BCUT2D eigenvalue weighted by molar-refractivity contribution is 14.1. The molecule has 0 N–H and O–H groups in total. The average Bonchev–Trinajstić information content (AvgIpc) is 2.38. The van der Waals surface area contributed by atoms with Crippen LogP contribution in [0.5, 0.6) is 0 Å². The van der Waals surface area contributed by atoms with Gasteiger partial charge in [-0.15, -0.1) is 0 Å². The molecule has 1 rings (SSSR count). The number of anilines is 1. The first-order chi connectivity index (χ1) is 8.49. The van der Waals surface area contributed by atoms with E-state index in [1.54, 1.807) is 0 Å². The van der Waals surface area contributed by atoms with E-state index in [-0.39, 0.29) is 11.8 Å². The zero-order chi connectivity index (χ0) is 13.7. The molecule has 1 atom stereocenters. The lowest BCUT2D eigenvalue weighted by atomic mass is 9.95. The number of methoxy groups -OCH3 is 1. The van der Waals surface area contributed by atoms with Crippen molar-refractivity contribution in [2.45, 2.75) is 13.8 Å². The Balaban J connectivity index is 2.94. The van der Waals surface area contributed by atoms with Gasteiger partial charge in [0.25, 0.3) is 5.91 Å². The van der Waals surface area contributed by atoms with E-state index in [0.29, 0.717) is 0 Å². The number of halogens is 1. The number of amides is 1. The molecule has 4 nitrogen and oxygen atoms in total. The number of hydrogen-bond donors (Lipinski definition) is 0. The highest BCUT2D eigenvalue weighted by Gasteiger charge is 2.34. The van der Waals surface area contributed by atoms with Gasteiger partial charge in [0.2, 0.25) is 0 Å². The number of hydrogen-bond acceptors (Lipinski definition) is 3. The molecule has 1 unspecified atom stereocenters. The fourth-order valence-corrected chi connectivity index (χ4v) is 2.22. The van der Waals surface area contributed by atoms with E-state index in [1.807, 2.05) is 67.0 Å². The van der Waals surface area contributed by atoms with Crippen LogP contribution < -0.4 is 3.11 Å². The molecule has 98 valence electrons. The van der Waals surface area contributed by atoms with Crippen LogP contribution in [0.2, 0.25) is 0 Å². The number of rotatable bonds is 4. The zero-order valence-electron chi connectivity index (χ0n) is 10.6. The van der Waals surface area contributed by atoms with Crippen LogP contribution in [0.1, 0.15) is 13.8 Å². The van der Waals surface area contributed by atoms with Crippen molar-refractivity contribution < 1.29 is 14.3 Å². The summed E-state index contributed by atoms with van der Waals surface area (Å²) in [6.45, 7) is 3.66. The highest BCUT2D eigenvalue weighted by Crippen LogP contribution is 2.24. The third-order valence-corrected chi connectivity index (χ3v) is 3.60. The molecule has 1 amide bonds. The van der Waals surface area contributed by atoms with E-state index in [0.717, 1.165) is 5.69 Å². The van der Waals surface area contributed by atoms with Crippen molar-refractivity contribution in [3.63, 3.8) is 0 Å². The molecule has 0 aliphatic heterocycles. The third-order valence-electron chi connectivity index (χ3n) is 2.56. The molecule has 0 aliphatic rings. The minimum Gasteiger partial charge on any atom is -0.468 e. The molecule has 18 heavy (non-hydrogen) atoms. The number of nitrogens with zero attached hydrogens (tertiary/aromatic N) is 1. The van der Waals surface area contributed by atoms with E-state index in [4.69, 9.17) is 4.74 Å². The molecule has 1 aromatic rings. The first kappa shape index (κ1) is 14.9. The normalized spacial score (nSPS) is 12.1. The second-order valence-electron chi connectivity index (χ2n) is 4.20. The van der Waals surface area contributed by atoms with Crippen molar-refractivity contribution in [3.8, 4) is 0 Å². The van der Waals surface area contributed by atoms with Gasteiger partial charge in [-0.3, -0.25) is 12.7 Å². The Hall–Kier alpha value is -1.11. The number of benzene rings is 1. The molecule has 0 saturated carbocycles. The van der Waals surface area contributed by atoms with E-state index >= 15 is 0 Å². The molecular weight excluding hydrogens is 345 g/mol. The summed E-state index contributed by atoms with van der Waals surface area (Å²) in [5.74, 6) is -1.63.